The maximum atomic E-state index is 12.2. The number of carbonyl (C=O) groups excluding carboxylic acids is 1. The van der Waals surface area contributed by atoms with Crippen LogP contribution in [0.1, 0.15) is 33.1 Å². The largest absolute Gasteiger partial charge is 0.336 e. The van der Waals surface area contributed by atoms with Crippen LogP contribution in [0, 0.1) is 0 Å². The lowest BCUT2D eigenvalue weighted by Gasteiger charge is -2.39. The molecule has 94 valence electrons. The van der Waals surface area contributed by atoms with Crippen LogP contribution >= 0.6 is 11.6 Å². The Balaban J connectivity index is 2.03. The molecule has 1 aromatic heterocycles. The zero-order chi connectivity index (χ0) is 12.4. The molecule has 0 spiro atoms. The van der Waals surface area contributed by atoms with Gasteiger partial charge in [-0.25, -0.2) is 0 Å². The molecule has 2 unspecified atom stereocenters. The van der Waals surface area contributed by atoms with E-state index in [9.17, 15) is 4.79 Å². The monoisotopic (exact) mass is 255 g/mol. The molecule has 0 saturated carbocycles. The quantitative estimate of drug-likeness (QED) is 0.814. The predicted octanol–water partition coefficient (Wildman–Crippen LogP) is 2.33. The number of rotatable bonds is 2. The van der Waals surface area contributed by atoms with E-state index >= 15 is 0 Å². The highest BCUT2D eigenvalue weighted by Gasteiger charge is 2.28. The Morgan fingerprint density at radius 3 is 2.65 bits per heavy atom. The van der Waals surface area contributed by atoms with Gasteiger partial charge in [-0.15, -0.1) is 0 Å². The van der Waals surface area contributed by atoms with Gasteiger partial charge in [0.15, 0.2) is 0 Å². The second-order valence-electron chi connectivity index (χ2n) is 4.79. The Hall–Kier alpha value is -1.03. The van der Waals surface area contributed by atoms with Gasteiger partial charge in [0.05, 0.1) is 11.2 Å². The number of aromatic nitrogens is 2. The van der Waals surface area contributed by atoms with Crippen LogP contribution in [0.5, 0.6) is 0 Å². The van der Waals surface area contributed by atoms with Crippen LogP contribution in [0.3, 0.4) is 0 Å². The molecule has 0 radical (unpaired) electrons. The fraction of sp³-hybridized carbons (Fsp3) is 0.667. The lowest BCUT2D eigenvalue weighted by molar-refractivity contribution is -0.138. The topological polar surface area (TPSA) is 38.1 Å². The maximum absolute atomic E-state index is 12.2. The first-order valence-electron chi connectivity index (χ1n) is 6.07. The third-order valence-corrected chi connectivity index (χ3v) is 3.58. The number of hydrogen-bond donors (Lipinski definition) is 0. The first kappa shape index (κ1) is 12.4. The smallest absolute Gasteiger partial charge is 0.244 e. The first-order valence-corrected chi connectivity index (χ1v) is 6.45. The van der Waals surface area contributed by atoms with Crippen LogP contribution < -0.4 is 0 Å². The predicted molar refractivity (Wildman–Crippen MR) is 66.9 cm³/mol. The summed E-state index contributed by atoms with van der Waals surface area (Å²) < 4.78 is 1.60. The van der Waals surface area contributed by atoms with E-state index < -0.39 is 0 Å². The van der Waals surface area contributed by atoms with E-state index in [1.54, 1.807) is 17.1 Å². The van der Waals surface area contributed by atoms with Gasteiger partial charge in [0.25, 0.3) is 0 Å². The number of likely N-dealkylation sites (tertiary alicyclic amines) is 1. The number of hydrogen-bond acceptors (Lipinski definition) is 2. The van der Waals surface area contributed by atoms with Gasteiger partial charge in [0.1, 0.15) is 6.54 Å². The molecule has 0 N–H and O–H groups in total. The molecule has 1 amide bonds. The molecule has 2 rings (SSSR count). The van der Waals surface area contributed by atoms with Gasteiger partial charge in [-0.05, 0) is 33.1 Å². The van der Waals surface area contributed by atoms with Crippen molar-refractivity contribution in [2.45, 2.75) is 51.7 Å². The van der Waals surface area contributed by atoms with Crippen molar-refractivity contribution >= 4 is 17.5 Å². The van der Waals surface area contributed by atoms with Crippen molar-refractivity contribution in [3.63, 3.8) is 0 Å². The van der Waals surface area contributed by atoms with Crippen molar-refractivity contribution in [2.75, 3.05) is 0 Å². The number of piperidine rings is 1. The van der Waals surface area contributed by atoms with Gasteiger partial charge in [-0.1, -0.05) is 11.6 Å². The van der Waals surface area contributed by atoms with E-state index in [2.05, 4.69) is 18.9 Å². The summed E-state index contributed by atoms with van der Waals surface area (Å²) in [6, 6.07) is 0.662. The van der Waals surface area contributed by atoms with E-state index in [1.807, 2.05) is 4.90 Å². The van der Waals surface area contributed by atoms with Crippen LogP contribution in [0.15, 0.2) is 12.4 Å². The summed E-state index contributed by atoms with van der Waals surface area (Å²) in [5, 5.41) is 4.61. The molecule has 1 fully saturated rings. The van der Waals surface area contributed by atoms with Crippen LogP contribution in [-0.4, -0.2) is 32.7 Å². The molecule has 2 heterocycles. The molecule has 17 heavy (non-hydrogen) atoms. The summed E-state index contributed by atoms with van der Waals surface area (Å²) in [5.74, 6) is 0.129. The molecule has 5 heteroatoms. The van der Waals surface area contributed by atoms with Crippen LogP contribution in [0.2, 0.25) is 5.02 Å². The lowest BCUT2D eigenvalue weighted by atomic mass is 9.97. The standard InChI is InChI=1S/C12H18ClN3O/c1-9-4-3-5-10(2)16(9)12(17)8-15-7-11(13)6-14-15/h6-7,9-10H,3-5,8H2,1-2H3. The number of nitrogens with zero attached hydrogens (tertiary/aromatic N) is 3. The minimum absolute atomic E-state index is 0.129. The third kappa shape index (κ3) is 2.80. The Kier molecular flexibility index (Phi) is 3.72. The van der Waals surface area contributed by atoms with E-state index in [0.717, 1.165) is 12.8 Å². The van der Waals surface area contributed by atoms with E-state index in [4.69, 9.17) is 11.6 Å². The van der Waals surface area contributed by atoms with Gasteiger partial charge < -0.3 is 4.90 Å². The lowest BCUT2D eigenvalue weighted by Crippen LogP contribution is -2.48. The van der Waals surface area contributed by atoms with Crippen LogP contribution in [0.25, 0.3) is 0 Å². The minimum Gasteiger partial charge on any atom is -0.336 e. The van der Waals surface area contributed by atoms with Crippen molar-refractivity contribution in [1.82, 2.24) is 14.7 Å². The summed E-state index contributed by atoms with van der Waals surface area (Å²) in [6.07, 6.45) is 6.63. The molecule has 0 aromatic carbocycles. The zero-order valence-electron chi connectivity index (χ0n) is 10.3. The SMILES string of the molecule is CC1CCCC(C)N1C(=O)Cn1cc(Cl)cn1. The molecule has 1 saturated heterocycles. The molecule has 4 nitrogen and oxygen atoms in total. The number of amides is 1. The Morgan fingerprint density at radius 2 is 2.12 bits per heavy atom. The van der Waals surface area contributed by atoms with Gasteiger partial charge >= 0.3 is 0 Å². The highest BCUT2D eigenvalue weighted by molar-refractivity contribution is 6.30. The summed E-state index contributed by atoms with van der Waals surface area (Å²) in [7, 11) is 0. The van der Waals surface area contributed by atoms with Gasteiger partial charge in [0.2, 0.25) is 5.91 Å². The summed E-state index contributed by atoms with van der Waals surface area (Å²) >= 11 is 5.78. The van der Waals surface area contributed by atoms with Crippen molar-refractivity contribution < 1.29 is 4.79 Å². The molecular formula is C12H18ClN3O. The molecular weight excluding hydrogens is 238 g/mol. The summed E-state index contributed by atoms with van der Waals surface area (Å²) in [6.45, 7) is 4.51. The number of halogens is 1. The van der Waals surface area contributed by atoms with Crippen LogP contribution in [-0.2, 0) is 11.3 Å². The van der Waals surface area contributed by atoms with Gasteiger partial charge in [-0.2, -0.15) is 5.10 Å². The second-order valence-corrected chi connectivity index (χ2v) is 5.22. The molecule has 1 aliphatic heterocycles. The highest BCUT2D eigenvalue weighted by atomic mass is 35.5. The highest BCUT2D eigenvalue weighted by Crippen LogP contribution is 2.22. The normalized spacial score (nSPS) is 25.0. The maximum Gasteiger partial charge on any atom is 0.244 e. The fourth-order valence-electron chi connectivity index (χ4n) is 2.56. The molecule has 1 aliphatic rings. The molecule has 1 aromatic rings. The molecule has 2 atom stereocenters. The summed E-state index contributed by atoms with van der Waals surface area (Å²) in [4.78, 5) is 14.2. The zero-order valence-corrected chi connectivity index (χ0v) is 11.0. The van der Waals surface area contributed by atoms with Crippen molar-refractivity contribution in [1.29, 1.82) is 0 Å². The van der Waals surface area contributed by atoms with Crippen molar-refractivity contribution in [3.05, 3.63) is 17.4 Å². The first-order chi connectivity index (χ1) is 8.08. The van der Waals surface area contributed by atoms with E-state index in [1.165, 1.54) is 6.42 Å². The average Bonchev–Trinajstić information content (AvgIpc) is 2.63. The van der Waals surface area contributed by atoms with E-state index in [0.29, 0.717) is 17.1 Å². The van der Waals surface area contributed by atoms with Crippen LogP contribution in [0.4, 0.5) is 0 Å². The third-order valence-electron chi connectivity index (χ3n) is 3.38. The fourth-order valence-corrected chi connectivity index (χ4v) is 2.71. The molecule has 0 aliphatic carbocycles. The minimum atomic E-state index is 0.129. The Bertz CT molecular complexity index is 394. The van der Waals surface area contributed by atoms with Crippen molar-refractivity contribution in [3.8, 4) is 0 Å². The second kappa shape index (κ2) is 5.08. The average molecular weight is 256 g/mol. The van der Waals surface area contributed by atoms with Crippen molar-refractivity contribution in [2.24, 2.45) is 0 Å². The Labute approximate surface area is 107 Å². The van der Waals surface area contributed by atoms with Gasteiger partial charge in [0, 0.05) is 18.3 Å². The van der Waals surface area contributed by atoms with E-state index in [-0.39, 0.29) is 12.5 Å². The summed E-state index contributed by atoms with van der Waals surface area (Å²) in [5.41, 5.74) is 0. The van der Waals surface area contributed by atoms with Gasteiger partial charge in [-0.3, -0.25) is 9.48 Å². The Morgan fingerprint density at radius 1 is 1.47 bits per heavy atom. The molecule has 0 bridgehead atoms. The number of carbonyl (C=O) groups is 1.